The van der Waals surface area contributed by atoms with Crippen LogP contribution in [0.25, 0.3) is 0 Å². The number of imide groups is 1. The van der Waals surface area contributed by atoms with E-state index in [1.807, 2.05) is 0 Å². The van der Waals surface area contributed by atoms with Crippen molar-refractivity contribution >= 4 is 52.8 Å². The zero-order chi connectivity index (χ0) is 33.9. The Bertz CT molecular complexity index is 1640. The summed E-state index contributed by atoms with van der Waals surface area (Å²) in [5.41, 5.74) is -2.32. The summed E-state index contributed by atoms with van der Waals surface area (Å²) in [6.45, 7) is 13.1. The zero-order valence-corrected chi connectivity index (χ0v) is 27.5. The van der Waals surface area contributed by atoms with Gasteiger partial charge in [0.25, 0.3) is 11.5 Å². The van der Waals surface area contributed by atoms with Crippen LogP contribution in [0, 0.1) is 5.82 Å². The monoisotopic (exact) mass is 665 g/mol. The molecule has 45 heavy (non-hydrogen) atoms. The number of rotatable bonds is 7. The summed E-state index contributed by atoms with van der Waals surface area (Å²) < 4.78 is 32.7. The number of anilines is 2. The summed E-state index contributed by atoms with van der Waals surface area (Å²) in [6.07, 6.45) is -2.01. The predicted octanol–water partition coefficient (Wildman–Crippen LogP) is 7.17. The van der Waals surface area contributed by atoms with Gasteiger partial charge in [-0.25, -0.2) is 14.0 Å². The number of carbonyl (C=O) groups excluding carboxylic acids is 3. The summed E-state index contributed by atoms with van der Waals surface area (Å²) in [5, 5.41) is 10.3. The second-order valence-corrected chi connectivity index (χ2v) is 12.5. The second kappa shape index (κ2) is 13.8. The minimum absolute atomic E-state index is 0.0509. The summed E-state index contributed by atoms with van der Waals surface area (Å²) in [5.74, 6) is -2.35. The van der Waals surface area contributed by atoms with E-state index >= 15 is 0 Å². The Morgan fingerprint density at radius 1 is 1.00 bits per heavy atom. The Balaban J connectivity index is 2.17. The Morgan fingerprint density at radius 2 is 1.60 bits per heavy atom. The molecule has 1 atom stereocenters. The van der Waals surface area contributed by atoms with E-state index in [2.05, 4.69) is 15.5 Å². The third-order valence-electron chi connectivity index (χ3n) is 5.71. The van der Waals surface area contributed by atoms with Gasteiger partial charge >= 0.3 is 12.2 Å². The van der Waals surface area contributed by atoms with Gasteiger partial charge in [-0.15, -0.1) is 10.2 Å². The molecule has 0 saturated heterocycles. The highest BCUT2D eigenvalue weighted by Gasteiger charge is 2.37. The Kier molecular flexibility index (Phi) is 10.8. The van der Waals surface area contributed by atoms with Crippen LogP contribution in [0.5, 0.6) is 5.75 Å². The van der Waals surface area contributed by atoms with Crippen molar-refractivity contribution in [3.8, 4) is 5.75 Å². The molecule has 15 heteroatoms. The van der Waals surface area contributed by atoms with Crippen LogP contribution in [0.3, 0.4) is 0 Å². The third kappa shape index (κ3) is 9.14. The number of aromatic nitrogens is 3. The van der Waals surface area contributed by atoms with Crippen molar-refractivity contribution in [1.29, 1.82) is 0 Å². The Hall–Kier alpha value is -4.23. The lowest BCUT2D eigenvalue weighted by molar-refractivity contribution is 0.0425. The van der Waals surface area contributed by atoms with E-state index in [1.54, 1.807) is 48.5 Å². The van der Waals surface area contributed by atoms with E-state index in [-0.39, 0.29) is 38.3 Å². The molecule has 3 aromatic rings. The van der Waals surface area contributed by atoms with Crippen molar-refractivity contribution in [3.63, 3.8) is 0 Å². The van der Waals surface area contributed by atoms with Gasteiger partial charge in [-0.2, -0.15) is 4.90 Å². The number of amides is 3. The number of halogens is 3. The summed E-state index contributed by atoms with van der Waals surface area (Å²) in [7, 11) is 0. The van der Waals surface area contributed by atoms with Crippen LogP contribution < -0.4 is 20.5 Å². The van der Waals surface area contributed by atoms with Gasteiger partial charge in [0.15, 0.2) is 11.4 Å². The first-order valence-corrected chi connectivity index (χ1v) is 14.5. The smallest absolute Gasteiger partial charge is 0.425 e. The quantitative estimate of drug-likeness (QED) is 0.260. The van der Waals surface area contributed by atoms with Crippen molar-refractivity contribution in [2.75, 3.05) is 10.2 Å². The minimum atomic E-state index is -1.18. The summed E-state index contributed by atoms with van der Waals surface area (Å²) in [6, 6.07) is 6.18. The molecule has 2 aromatic heterocycles. The van der Waals surface area contributed by atoms with Crippen LogP contribution in [0.2, 0.25) is 10.0 Å². The first-order valence-electron chi connectivity index (χ1n) is 13.8. The van der Waals surface area contributed by atoms with Crippen LogP contribution in [-0.2, 0) is 16.0 Å². The number of hydrogen-bond donors (Lipinski definition) is 1. The zero-order valence-electron chi connectivity index (χ0n) is 26.0. The first kappa shape index (κ1) is 35.3. The molecule has 242 valence electrons. The number of benzene rings is 1. The molecule has 0 aliphatic carbocycles. The number of nitrogens with one attached hydrogen (secondary N) is 1. The van der Waals surface area contributed by atoms with Gasteiger partial charge in [-0.05, 0) is 73.6 Å². The largest absolute Gasteiger partial charge is 0.482 e. The fraction of sp³-hybridized carbons (Fsp3) is 0.400. The van der Waals surface area contributed by atoms with Gasteiger partial charge in [0, 0.05) is 35.5 Å². The van der Waals surface area contributed by atoms with E-state index < -0.39 is 47.0 Å². The molecule has 3 rings (SSSR count). The van der Waals surface area contributed by atoms with Gasteiger partial charge in [0.05, 0.1) is 10.7 Å². The SMILES string of the molecule is CCn1cc(NC(=O)c2cc(OC(C)c3c(Cl)ccc(F)c3Cl)c(N(C(=O)OC(C)(C)C)C(=O)OC(C)(C)C)nn2)ccc1=O. The van der Waals surface area contributed by atoms with Gasteiger partial charge in [0.2, 0.25) is 5.82 Å². The van der Waals surface area contributed by atoms with Crippen LogP contribution in [0.4, 0.5) is 25.5 Å². The van der Waals surface area contributed by atoms with Gasteiger partial charge in [-0.1, -0.05) is 23.2 Å². The number of nitrogens with zero attached hydrogens (tertiary/aromatic N) is 4. The normalized spacial score (nSPS) is 12.2. The predicted molar refractivity (Wildman–Crippen MR) is 167 cm³/mol. The maximum atomic E-state index is 14.4. The molecule has 2 heterocycles. The van der Waals surface area contributed by atoms with E-state index in [4.69, 9.17) is 37.4 Å². The lowest BCUT2D eigenvalue weighted by Crippen LogP contribution is -2.44. The number of aryl methyl sites for hydroxylation is 1. The molecule has 3 amide bonds. The van der Waals surface area contributed by atoms with Crippen LogP contribution in [0.1, 0.15) is 77.5 Å². The van der Waals surface area contributed by atoms with Crippen molar-refractivity contribution in [1.82, 2.24) is 14.8 Å². The molecule has 12 nitrogen and oxygen atoms in total. The molecule has 0 aliphatic heterocycles. The Labute approximate surface area is 269 Å². The standard InChI is InChI=1S/C30H34Cl2FN5O7/c1-9-37-15-17(10-13-22(37)39)34-26(40)20-14-21(43-16(2)23-18(31)11-12-19(33)24(23)32)25(36-35-20)38(27(41)44-29(3,4)5)28(42)45-30(6,7)8/h10-16H,9H2,1-8H3,(H,34,40). The third-order valence-corrected chi connectivity index (χ3v) is 6.42. The van der Waals surface area contributed by atoms with Crippen molar-refractivity contribution in [2.45, 2.75) is 79.2 Å². The topological polar surface area (TPSA) is 142 Å². The molecule has 0 spiro atoms. The molecule has 1 N–H and O–H groups in total. The lowest BCUT2D eigenvalue weighted by Gasteiger charge is -2.29. The molecule has 0 bridgehead atoms. The van der Waals surface area contributed by atoms with Gasteiger partial charge in [-0.3, -0.25) is 9.59 Å². The van der Waals surface area contributed by atoms with Crippen LogP contribution >= 0.6 is 23.2 Å². The van der Waals surface area contributed by atoms with Crippen molar-refractivity contribution in [2.24, 2.45) is 0 Å². The maximum Gasteiger partial charge on any atom is 0.425 e. The van der Waals surface area contributed by atoms with E-state index in [0.29, 0.717) is 11.4 Å². The summed E-state index contributed by atoms with van der Waals surface area (Å²) in [4.78, 5) is 52.4. The van der Waals surface area contributed by atoms with Gasteiger partial charge < -0.3 is 24.1 Å². The molecule has 1 unspecified atom stereocenters. The average Bonchev–Trinajstić information content (AvgIpc) is 2.91. The highest BCUT2D eigenvalue weighted by Crippen LogP contribution is 2.38. The first-order chi connectivity index (χ1) is 20.8. The second-order valence-electron chi connectivity index (χ2n) is 11.7. The van der Waals surface area contributed by atoms with E-state index in [0.717, 1.165) is 12.1 Å². The van der Waals surface area contributed by atoms with E-state index in [9.17, 15) is 23.6 Å². The molecule has 0 fully saturated rings. The van der Waals surface area contributed by atoms with Gasteiger partial charge in [0.1, 0.15) is 23.1 Å². The molecule has 0 saturated carbocycles. The highest BCUT2D eigenvalue weighted by atomic mass is 35.5. The number of hydrogen-bond acceptors (Lipinski definition) is 9. The molecule has 0 radical (unpaired) electrons. The average molecular weight is 667 g/mol. The maximum absolute atomic E-state index is 14.4. The highest BCUT2D eigenvalue weighted by molar-refractivity contribution is 6.36. The van der Waals surface area contributed by atoms with Crippen molar-refractivity contribution < 1.29 is 33.0 Å². The number of carbonyl (C=O) groups is 3. The number of pyridine rings is 1. The van der Waals surface area contributed by atoms with Crippen LogP contribution in [-0.4, -0.2) is 44.1 Å². The van der Waals surface area contributed by atoms with Crippen LogP contribution in [0.15, 0.2) is 41.3 Å². The Morgan fingerprint density at radius 3 is 2.16 bits per heavy atom. The lowest BCUT2D eigenvalue weighted by atomic mass is 10.1. The van der Waals surface area contributed by atoms with Crippen molar-refractivity contribution in [3.05, 3.63) is 74.0 Å². The summed E-state index contributed by atoms with van der Waals surface area (Å²) >= 11 is 12.5. The van der Waals surface area contributed by atoms with E-state index in [1.165, 1.54) is 35.9 Å². The fourth-order valence-electron chi connectivity index (χ4n) is 3.80. The molecular formula is C30H34Cl2FN5O7. The fourth-order valence-corrected chi connectivity index (χ4v) is 4.47. The molecule has 1 aromatic carbocycles. The minimum Gasteiger partial charge on any atom is -0.482 e. The molecule has 0 aliphatic rings. The molecular weight excluding hydrogens is 632 g/mol. The number of ether oxygens (including phenoxy) is 3.